The number of aromatic nitrogens is 2. The van der Waals surface area contributed by atoms with Crippen molar-refractivity contribution in [1.29, 1.82) is 0 Å². The van der Waals surface area contributed by atoms with E-state index in [-0.39, 0.29) is 5.75 Å². The van der Waals surface area contributed by atoms with Crippen LogP contribution in [0.15, 0.2) is 42.7 Å². The van der Waals surface area contributed by atoms with Crippen LogP contribution >= 0.6 is 11.6 Å². The van der Waals surface area contributed by atoms with Crippen LogP contribution in [0.4, 0.5) is 0 Å². The Labute approximate surface area is 117 Å². The van der Waals surface area contributed by atoms with Gasteiger partial charge in [-0.25, -0.2) is 8.42 Å². The average molecular weight is 299 g/mol. The Kier molecular flexibility index (Phi) is 4.27. The van der Waals surface area contributed by atoms with E-state index in [9.17, 15) is 8.42 Å². The summed E-state index contributed by atoms with van der Waals surface area (Å²) >= 11 is 6.04. The fourth-order valence-corrected chi connectivity index (χ4v) is 3.58. The smallest absolute Gasteiger partial charge is 0.158 e. The van der Waals surface area contributed by atoms with Gasteiger partial charge >= 0.3 is 0 Å². The quantitative estimate of drug-likeness (QED) is 0.853. The zero-order valence-electron chi connectivity index (χ0n) is 10.5. The standard InChI is InChI=1S/C13H15ClN2O2S/c1-11(12-5-2-3-6-13(12)14)19(17,18)10-9-16-8-4-7-15-16/h2-8,11H,9-10H2,1H3/t11-/m1/s1. The molecule has 0 amide bonds. The van der Waals surface area contributed by atoms with Crippen LogP contribution in [0.3, 0.4) is 0 Å². The van der Waals surface area contributed by atoms with Gasteiger partial charge in [0.05, 0.1) is 17.5 Å². The molecule has 0 fully saturated rings. The molecule has 6 heteroatoms. The summed E-state index contributed by atoms with van der Waals surface area (Å²) in [5.74, 6) is 0.0427. The topological polar surface area (TPSA) is 52.0 Å². The molecule has 0 aliphatic rings. The first-order chi connectivity index (χ1) is 9.00. The zero-order chi connectivity index (χ0) is 13.9. The molecule has 0 aliphatic heterocycles. The Balaban J connectivity index is 2.13. The minimum atomic E-state index is -3.26. The molecule has 2 aromatic rings. The molecule has 0 aliphatic carbocycles. The van der Waals surface area contributed by atoms with E-state index in [2.05, 4.69) is 5.10 Å². The highest BCUT2D eigenvalue weighted by Crippen LogP contribution is 2.28. The van der Waals surface area contributed by atoms with Gasteiger partial charge < -0.3 is 0 Å². The van der Waals surface area contributed by atoms with Gasteiger partial charge in [-0.15, -0.1) is 0 Å². The van der Waals surface area contributed by atoms with Crippen molar-refractivity contribution in [2.75, 3.05) is 5.75 Å². The molecule has 0 saturated carbocycles. The molecule has 0 spiro atoms. The minimum Gasteiger partial charge on any atom is -0.272 e. The molecule has 0 radical (unpaired) electrons. The molecule has 1 heterocycles. The summed E-state index contributed by atoms with van der Waals surface area (Å²) < 4.78 is 26.2. The van der Waals surface area contributed by atoms with Gasteiger partial charge in [0.1, 0.15) is 0 Å². The molecular formula is C13H15ClN2O2S. The highest BCUT2D eigenvalue weighted by molar-refractivity contribution is 7.91. The van der Waals surface area contributed by atoms with Crippen LogP contribution < -0.4 is 0 Å². The van der Waals surface area contributed by atoms with Gasteiger partial charge in [0.25, 0.3) is 0 Å². The van der Waals surface area contributed by atoms with E-state index < -0.39 is 15.1 Å². The van der Waals surface area contributed by atoms with Gasteiger partial charge in [0.2, 0.25) is 0 Å². The first kappa shape index (κ1) is 14.1. The second kappa shape index (κ2) is 5.75. The van der Waals surface area contributed by atoms with Crippen LogP contribution in [0.25, 0.3) is 0 Å². The van der Waals surface area contributed by atoms with Crippen molar-refractivity contribution in [3.63, 3.8) is 0 Å². The lowest BCUT2D eigenvalue weighted by atomic mass is 10.2. The van der Waals surface area contributed by atoms with Crippen molar-refractivity contribution in [1.82, 2.24) is 9.78 Å². The summed E-state index contributed by atoms with van der Waals surface area (Å²) in [5, 5.41) is 3.86. The lowest BCUT2D eigenvalue weighted by molar-refractivity contribution is 0.571. The SMILES string of the molecule is C[C@H](c1ccccc1Cl)S(=O)(=O)CCn1cccn1. The van der Waals surface area contributed by atoms with Crippen LogP contribution in [-0.2, 0) is 16.4 Å². The average Bonchev–Trinajstić information content (AvgIpc) is 2.89. The van der Waals surface area contributed by atoms with Gasteiger partial charge in [0.15, 0.2) is 9.84 Å². The molecule has 0 unspecified atom stereocenters. The number of nitrogens with zero attached hydrogens (tertiary/aromatic N) is 2. The van der Waals surface area contributed by atoms with E-state index in [4.69, 9.17) is 11.6 Å². The summed E-state index contributed by atoms with van der Waals surface area (Å²) in [6.07, 6.45) is 3.37. The van der Waals surface area contributed by atoms with E-state index in [0.29, 0.717) is 17.1 Å². The second-order valence-corrected chi connectivity index (χ2v) is 7.15. The highest BCUT2D eigenvalue weighted by atomic mass is 35.5. The van der Waals surface area contributed by atoms with Crippen LogP contribution in [0.1, 0.15) is 17.7 Å². The van der Waals surface area contributed by atoms with Crippen molar-refractivity contribution in [3.05, 3.63) is 53.3 Å². The Bertz CT molecular complexity index is 638. The van der Waals surface area contributed by atoms with Crippen LogP contribution in [0.5, 0.6) is 0 Å². The number of rotatable bonds is 5. The largest absolute Gasteiger partial charge is 0.272 e. The molecule has 0 N–H and O–H groups in total. The monoisotopic (exact) mass is 298 g/mol. The van der Waals surface area contributed by atoms with Gasteiger partial charge in [-0.1, -0.05) is 29.8 Å². The number of hydrogen-bond acceptors (Lipinski definition) is 3. The number of aryl methyl sites for hydroxylation is 1. The number of sulfone groups is 1. The lowest BCUT2D eigenvalue weighted by Gasteiger charge is -2.14. The van der Waals surface area contributed by atoms with E-state index in [1.54, 1.807) is 54.3 Å². The van der Waals surface area contributed by atoms with Crippen molar-refractivity contribution in [2.45, 2.75) is 18.7 Å². The molecule has 102 valence electrons. The van der Waals surface area contributed by atoms with E-state index in [1.807, 2.05) is 0 Å². The molecule has 4 nitrogen and oxygen atoms in total. The first-order valence-corrected chi connectivity index (χ1v) is 8.03. The van der Waals surface area contributed by atoms with Crippen molar-refractivity contribution in [2.24, 2.45) is 0 Å². The fraction of sp³-hybridized carbons (Fsp3) is 0.308. The Morgan fingerprint density at radius 1 is 1.32 bits per heavy atom. The molecule has 1 aromatic heterocycles. The highest BCUT2D eigenvalue weighted by Gasteiger charge is 2.24. The van der Waals surface area contributed by atoms with E-state index in [1.165, 1.54) is 0 Å². The predicted molar refractivity (Wildman–Crippen MR) is 75.9 cm³/mol. The summed E-state index contributed by atoms with van der Waals surface area (Å²) in [4.78, 5) is 0. The second-order valence-electron chi connectivity index (χ2n) is 4.30. The van der Waals surface area contributed by atoms with Crippen LogP contribution in [-0.4, -0.2) is 24.0 Å². The van der Waals surface area contributed by atoms with Crippen molar-refractivity contribution in [3.8, 4) is 0 Å². The van der Waals surface area contributed by atoms with Gasteiger partial charge in [-0.05, 0) is 24.6 Å². The lowest BCUT2D eigenvalue weighted by Crippen LogP contribution is -2.18. The van der Waals surface area contributed by atoms with Gasteiger partial charge in [0, 0.05) is 17.4 Å². The molecule has 1 atom stereocenters. The maximum absolute atomic E-state index is 12.3. The summed E-state index contributed by atoms with van der Waals surface area (Å²) in [6, 6.07) is 8.80. The maximum atomic E-state index is 12.3. The Morgan fingerprint density at radius 3 is 2.68 bits per heavy atom. The molecule has 0 saturated heterocycles. The number of halogens is 1. The normalized spacial score (nSPS) is 13.4. The van der Waals surface area contributed by atoms with Gasteiger partial charge in [-0.3, -0.25) is 4.68 Å². The molecule has 1 aromatic carbocycles. The van der Waals surface area contributed by atoms with Crippen LogP contribution in [0.2, 0.25) is 5.02 Å². The summed E-state index contributed by atoms with van der Waals surface area (Å²) in [5.41, 5.74) is 0.643. The molecule has 19 heavy (non-hydrogen) atoms. The molecule has 0 bridgehead atoms. The molecular weight excluding hydrogens is 284 g/mol. The van der Waals surface area contributed by atoms with Crippen molar-refractivity contribution >= 4 is 21.4 Å². The summed E-state index contributed by atoms with van der Waals surface area (Å²) in [7, 11) is -3.26. The van der Waals surface area contributed by atoms with Crippen LogP contribution in [0, 0.1) is 0 Å². The Morgan fingerprint density at radius 2 is 2.05 bits per heavy atom. The van der Waals surface area contributed by atoms with E-state index >= 15 is 0 Å². The first-order valence-electron chi connectivity index (χ1n) is 5.94. The van der Waals surface area contributed by atoms with Crippen molar-refractivity contribution < 1.29 is 8.42 Å². The maximum Gasteiger partial charge on any atom is 0.158 e. The third-order valence-electron chi connectivity index (χ3n) is 3.05. The van der Waals surface area contributed by atoms with Gasteiger partial charge in [-0.2, -0.15) is 5.10 Å². The fourth-order valence-electron chi connectivity index (χ4n) is 1.83. The third kappa shape index (κ3) is 3.36. The summed E-state index contributed by atoms with van der Waals surface area (Å²) in [6.45, 7) is 2.02. The Hall–Kier alpha value is -1.33. The minimum absolute atomic E-state index is 0.0427. The number of benzene rings is 1. The number of hydrogen-bond donors (Lipinski definition) is 0. The third-order valence-corrected chi connectivity index (χ3v) is 5.47. The zero-order valence-corrected chi connectivity index (χ0v) is 12.1. The molecule has 2 rings (SSSR count). The predicted octanol–water partition coefficient (Wildman–Crippen LogP) is 2.71. The van der Waals surface area contributed by atoms with E-state index in [0.717, 1.165) is 0 Å².